The number of hydrogen-bond acceptors (Lipinski definition) is 2. The first kappa shape index (κ1) is 29.0. The molecule has 0 saturated carbocycles. The third-order valence-corrected chi connectivity index (χ3v) is 7.62. The second kappa shape index (κ2) is 13.2. The Morgan fingerprint density at radius 3 is 1.53 bits per heavy atom. The van der Waals surface area contributed by atoms with Crippen molar-refractivity contribution in [2.45, 2.75) is 13.1 Å². The molecule has 2 aliphatic carbocycles. The van der Waals surface area contributed by atoms with E-state index in [1.165, 1.54) is 41.8 Å². The average molecular weight is 721 g/mol. The van der Waals surface area contributed by atoms with Crippen molar-refractivity contribution in [2.24, 2.45) is 0 Å². The van der Waals surface area contributed by atoms with Crippen LogP contribution in [0, 0.1) is 0 Å². The van der Waals surface area contributed by atoms with Gasteiger partial charge in [-0.15, -0.1) is 68.5 Å². The Morgan fingerprint density at radius 1 is 0.781 bits per heavy atom. The van der Waals surface area contributed by atoms with Gasteiger partial charge in [0.25, 0.3) is 0 Å². The minimum absolute atomic E-state index is 0. The molecule has 32 heavy (non-hydrogen) atoms. The van der Waals surface area contributed by atoms with Gasteiger partial charge in [-0.1, -0.05) is 65.9 Å². The Bertz CT molecular complexity index is 1260. The fraction of sp³-hybridized carbons (Fsp3) is 0.167. The van der Waals surface area contributed by atoms with Gasteiger partial charge in [0, 0.05) is 0 Å². The predicted octanol–water partition coefficient (Wildman–Crippen LogP) is -1.40. The largest absolute Gasteiger partial charge is 1.00 e. The van der Waals surface area contributed by atoms with Gasteiger partial charge in [-0.05, 0) is 20.5 Å². The molecule has 2 aliphatic heterocycles. The number of benzene rings is 2. The van der Waals surface area contributed by atoms with E-state index in [4.69, 9.17) is 0 Å². The van der Waals surface area contributed by atoms with E-state index < -0.39 is 0 Å². The fourth-order valence-electron chi connectivity index (χ4n) is 3.34. The minimum Gasteiger partial charge on any atom is -1.00 e. The summed E-state index contributed by atoms with van der Waals surface area (Å²) >= 11 is 12.5. The van der Waals surface area contributed by atoms with E-state index in [1.54, 1.807) is 23.3 Å². The van der Waals surface area contributed by atoms with Gasteiger partial charge in [-0.2, -0.15) is 23.5 Å². The van der Waals surface area contributed by atoms with Crippen molar-refractivity contribution >= 4 is 82.8 Å². The second-order valence-electron chi connectivity index (χ2n) is 7.15. The summed E-state index contributed by atoms with van der Waals surface area (Å²) in [7, 11) is 0. The number of fused-ring (bicyclic) bond motifs is 4. The normalized spacial score (nSPS) is 15.4. The SMILES string of the molecule is Brc1ccc2c(c1)=[C-]C1=CCSC=21.Brc1ccc2c(c1)=[C-]C1=CCSC=21.C[Si](C)=[Zr+2].[Cl-].[Cl-]. The molecule has 6 rings (SSSR count). The first-order chi connectivity index (χ1) is 14.4. The van der Waals surface area contributed by atoms with E-state index in [2.05, 4.69) is 106 Å². The molecule has 0 saturated heterocycles. The summed E-state index contributed by atoms with van der Waals surface area (Å²) < 4.78 is 2.26. The molecule has 0 aromatic heterocycles. The summed E-state index contributed by atoms with van der Waals surface area (Å²) in [6, 6.07) is 12.8. The standard InChI is InChI=1S/2C11H6BrS.C2H6Si.2ClH.Zr/c2*12-9-1-2-10-8(6-9)5-7-3-4-13-11(7)10;1-3-2;;;/h2*1-3,6H,4H2;1-2H3;2*1H;/q2*-1;;;;+2/p-2. The Hall–Kier alpha value is 0.740. The first-order valence-corrected chi connectivity index (χ1v) is 19.2. The monoisotopic (exact) mass is 716 g/mol. The van der Waals surface area contributed by atoms with Gasteiger partial charge in [-0.25, -0.2) is 0 Å². The Balaban J connectivity index is 0.000000185. The third kappa shape index (κ3) is 6.91. The van der Waals surface area contributed by atoms with Crippen LogP contribution in [0.4, 0.5) is 0 Å². The quantitative estimate of drug-likeness (QED) is 0.243. The summed E-state index contributed by atoms with van der Waals surface area (Å²) in [4.78, 5) is 2.81. The van der Waals surface area contributed by atoms with Crippen LogP contribution in [0.2, 0.25) is 13.1 Å². The minimum atomic E-state index is 0. The summed E-state index contributed by atoms with van der Waals surface area (Å²) in [5.74, 6) is 2.21. The van der Waals surface area contributed by atoms with Crippen LogP contribution in [-0.4, -0.2) is 16.9 Å². The molecule has 2 aromatic rings. The van der Waals surface area contributed by atoms with Crippen molar-refractivity contribution in [1.82, 2.24) is 0 Å². The molecule has 0 amide bonds. The second-order valence-corrected chi connectivity index (χ2v) is 20.4. The first-order valence-electron chi connectivity index (χ1n) is 9.48. The van der Waals surface area contributed by atoms with Crippen molar-refractivity contribution < 1.29 is 48.1 Å². The molecule has 8 heteroatoms. The molecule has 2 aromatic carbocycles. The van der Waals surface area contributed by atoms with Crippen molar-refractivity contribution in [3.05, 3.63) is 89.5 Å². The number of halogens is 4. The van der Waals surface area contributed by atoms with Crippen molar-refractivity contribution in [3.8, 4) is 0 Å². The summed E-state index contributed by atoms with van der Waals surface area (Å²) in [5, 5.41) is 5.14. The number of rotatable bonds is 0. The zero-order valence-corrected chi connectivity index (χ0v) is 27.1. The molecule has 0 radical (unpaired) electrons. The van der Waals surface area contributed by atoms with Gasteiger partial charge in [0.15, 0.2) is 0 Å². The summed E-state index contributed by atoms with van der Waals surface area (Å²) in [6.07, 6.45) is 11.3. The molecule has 0 fully saturated rings. The third-order valence-electron chi connectivity index (χ3n) is 4.51. The van der Waals surface area contributed by atoms with E-state index in [0.29, 0.717) is 0 Å². The number of thioether (sulfide) groups is 2. The molecule has 164 valence electrons. The topological polar surface area (TPSA) is 0 Å². The van der Waals surface area contributed by atoms with Gasteiger partial charge in [-0.3, -0.25) is 0 Å². The fourth-order valence-corrected chi connectivity index (χ4v) is 6.15. The van der Waals surface area contributed by atoms with Gasteiger partial charge in [0.05, 0.1) is 0 Å². The number of hydrogen-bond donors (Lipinski definition) is 0. The van der Waals surface area contributed by atoms with E-state index >= 15 is 0 Å². The van der Waals surface area contributed by atoms with Gasteiger partial charge >= 0.3 is 41.9 Å². The molecule has 0 unspecified atom stereocenters. The van der Waals surface area contributed by atoms with Crippen LogP contribution in [0.1, 0.15) is 0 Å². The van der Waals surface area contributed by atoms with E-state index in [9.17, 15) is 0 Å². The molecule has 0 atom stereocenters. The van der Waals surface area contributed by atoms with Gasteiger partial charge < -0.3 is 24.8 Å². The van der Waals surface area contributed by atoms with Crippen molar-refractivity contribution in [1.29, 1.82) is 0 Å². The molecule has 0 spiro atoms. The Labute approximate surface area is 242 Å². The van der Waals surface area contributed by atoms with E-state index in [-0.39, 0.29) is 30.2 Å². The van der Waals surface area contributed by atoms with E-state index in [1.807, 2.05) is 23.5 Å². The maximum Gasteiger partial charge on any atom is -1.00 e. The van der Waals surface area contributed by atoms with Gasteiger partial charge in [0.2, 0.25) is 0 Å². The van der Waals surface area contributed by atoms with Crippen LogP contribution in [0.25, 0.3) is 22.0 Å². The molecule has 0 bridgehead atoms. The van der Waals surface area contributed by atoms with Crippen molar-refractivity contribution in [3.63, 3.8) is 0 Å². The maximum absolute atomic E-state index is 3.47. The zero-order chi connectivity index (χ0) is 21.3. The molecular weight excluding hydrogens is 702 g/mol. The summed E-state index contributed by atoms with van der Waals surface area (Å²) in [5.41, 5.74) is 2.79. The van der Waals surface area contributed by atoms with Crippen LogP contribution in [0.5, 0.6) is 0 Å². The van der Waals surface area contributed by atoms with E-state index in [0.717, 1.165) is 20.5 Å². The predicted molar refractivity (Wildman–Crippen MR) is 139 cm³/mol. The van der Waals surface area contributed by atoms with Crippen LogP contribution in [0.3, 0.4) is 0 Å². The molecule has 2 heterocycles. The van der Waals surface area contributed by atoms with Crippen molar-refractivity contribution in [2.75, 3.05) is 11.5 Å². The van der Waals surface area contributed by atoms with Crippen LogP contribution >= 0.6 is 55.4 Å². The Kier molecular flexibility index (Phi) is 11.9. The average Bonchev–Trinajstić information content (AvgIpc) is 3.41. The maximum atomic E-state index is 3.47. The molecule has 0 N–H and O–H groups in total. The molecule has 4 aliphatic rings. The zero-order valence-electron chi connectivity index (χ0n) is 17.4. The smallest absolute Gasteiger partial charge is 1.00 e. The van der Waals surface area contributed by atoms with Crippen LogP contribution < -0.4 is 45.7 Å². The molecule has 0 nitrogen and oxygen atoms in total. The molecular formula is C24H18Br2Cl2S2SiZr-2. The van der Waals surface area contributed by atoms with Crippen LogP contribution in [0.15, 0.2) is 68.6 Å². The Morgan fingerprint density at radius 2 is 1.16 bits per heavy atom. The van der Waals surface area contributed by atoms with Gasteiger partial charge in [0.1, 0.15) is 0 Å². The summed E-state index contributed by atoms with van der Waals surface area (Å²) in [6.45, 7) is 4.62. The van der Waals surface area contributed by atoms with Crippen LogP contribution in [-0.2, 0) is 23.3 Å².